The summed E-state index contributed by atoms with van der Waals surface area (Å²) in [6.07, 6.45) is 0.691. The molecule has 192 valence electrons. The lowest BCUT2D eigenvalue weighted by Gasteiger charge is -2.47. The van der Waals surface area contributed by atoms with Gasteiger partial charge in [0.2, 0.25) is 5.91 Å². The molecule has 1 spiro atoms. The second-order valence-electron chi connectivity index (χ2n) is 10.7. The van der Waals surface area contributed by atoms with Crippen LogP contribution in [0.4, 0.5) is 11.4 Å². The summed E-state index contributed by atoms with van der Waals surface area (Å²) < 4.78 is 5.46. The minimum atomic E-state index is -1.77. The summed E-state index contributed by atoms with van der Waals surface area (Å²) in [5.74, 6) is -1.41. The fourth-order valence-corrected chi connectivity index (χ4v) is 6.04. The number of hydrogen-bond donors (Lipinski definition) is 2. The van der Waals surface area contributed by atoms with Crippen molar-refractivity contribution in [3.63, 3.8) is 0 Å². The fraction of sp³-hybridized carbons (Fsp3) is 0.345. The Hall–Kier alpha value is -3.58. The van der Waals surface area contributed by atoms with Crippen LogP contribution in [0.1, 0.15) is 50.3 Å². The van der Waals surface area contributed by atoms with Gasteiger partial charge in [-0.2, -0.15) is 0 Å². The molecule has 1 aliphatic carbocycles. The van der Waals surface area contributed by atoms with Gasteiger partial charge in [0.25, 0.3) is 0 Å². The highest BCUT2D eigenvalue weighted by atomic mass is 35.5. The molecule has 37 heavy (non-hydrogen) atoms. The lowest BCUT2D eigenvalue weighted by atomic mass is 9.60. The van der Waals surface area contributed by atoms with Crippen LogP contribution in [0.25, 0.3) is 0 Å². The van der Waals surface area contributed by atoms with Gasteiger partial charge in [-0.1, -0.05) is 31.5 Å². The molecule has 2 aromatic rings. The van der Waals surface area contributed by atoms with Gasteiger partial charge in [0, 0.05) is 39.7 Å². The number of Topliss-reactive ketones (excluding diaryl/α,β-unsaturated/α-hetero) is 1. The summed E-state index contributed by atoms with van der Waals surface area (Å²) in [6, 6.07) is 10.8. The Kier molecular flexibility index (Phi) is 5.75. The van der Waals surface area contributed by atoms with Gasteiger partial charge in [-0.25, -0.2) is 4.79 Å². The molecule has 1 amide bonds. The molecule has 2 aromatic carbocycles. The Labute approximate surface area is 221 Å². The number of nitrogens with zero attached hydrogens (tertiary/aromatic N) is 1. The topological polar surface area (TPSA) is 102 Å². The van der Waals surface area contributed by atoms with E-state index in [2.05, 4.69) is 5.32 Å². The normalized spacial score (nSPS) is 22.3. The molecular formula is C29H30ClN3O4. The van der Waals surface area contributed by atoms with E-state index in [4.69, 9.17) is 22.1 Å². The minimum absolute atomic E-state index is 0.0638. The number of nitrogens with two attached hydrogens (primary N) is 1. The molecule has 8 heteroatoms. The van der Waals surface area contributed by atoms with Crippen molar-refractivity contribution >= 4 is 40.6 Å². The van der Waals surface area contributed by atoms with E-state index < -0.39 is 17.3 Å². The van der Waals surface area contributed by atoms with Gasteiger partial charge in [-0.15, -0.1) is 0 Å². The highest BCUT2D eigenvalue weighted by molar-refractivity contribution is 6.31. The number of aryl methyl sites for hydroxylation is 2. The number of carbonyl (C=O) groups excluding carboxylic acids is 3. The van der Waals surface area contributed by atoms with Gasteiger partial charge in [0.15, 0.2) is 5.78 Å². The summed E-state index contributed by atoms with van der Waals surface area (Å²) in [5.41, 5.74) is 9.25. The first kappa shape index (κ1) is 25.1. The summed E-state index contributed by atoms with van der Waals surface area (Å²) >= 11 is 6.40. The number of amides is 1. The van der Waals surface area contributed by atoms with Crippen molar-refractivity contribution < 1.29 is 19.1 Å². The summed E-state index contributed by atoms with van der Waals surface area (Å²) in [6.45, 7) is 9.79. The quantitative estimate of drug-likeness (QED) is 0.551. The molecule has 7 nitrogen and oxygen atoms in total. The number of rotatable bonds is 3. The molecule has 0 radical (unpaired) electrons. The predicted octanol–water partition coefficient (Wildman–Crippen LogP) is 5.04. The number of fused-ring (bicyclic) bond motifs is 3. The van der Waals surface area contributed by atoms with E-state index in [0.717, 1.165) is 11.1 Å². The van der Waals surface area contributed by atoms with Gasteiger partial charge in [-0.3, -0.25) is 14.5 Å². The second-order valence-corrected chi connectivity index (χ2v) is 11.2. The number of anilines is 2. The van der Waals surface area contributed by atoms with Gasteiger partial charge >= 0.3 is 5.97 Å². The largest absolute Gasteiger partial charge is 0.462 e. The maximum absolute atomic E-state index is 14.1. The zero-order valence-electron chi connectivity index (χ0n) is 21.6. The Bertz CT molecular complexity index is 1460. The van der Waals surface area contributed by atoms with Crippen LogP contribution in [0.5, 0.6) is 0 Å². The molecular weight excluding hydrogens is 490 g/mol. The van der Waals surface area contributed by atoms with Gasteiger partial charge < -0.3 is 15.8 Å². The summed E-state index contributed by atoms with van der Waals surface area (Å²) in [5, 5.41) is 3.25. The highest BCUT2D eigenvalue weighted by Crippen LogP contribution is 2.57. The zero-order chi connectivity index (χ0) is 26.9. The first-order valence-electron chi connectivity index (χ1n) is 12.4. The molecule has 1 atom stereocenters. The van der Waals surface area contributed by atoms with Crippen molar-refractivity contribution in [2.45, 2.75) is 52.9 Å². The third kappa shape index (κ3) is 3.59. The van der Waals surface area contributed by atoms with Crippen LogP contribution in [0.15, 0.2) is 59.1 Å². The average molecular weight is 520 g/mol. The smallest absolute Gasteiger partial charge is 0.339 e. The molecule has 2 aliphatic heterocycles. The number of benzene rings is 2. The van der Waals surface area contributed by atoms with E-state index in [1.807, 2.05) is 45.9 Å². The number of hydrogen-bond acceptors (Lipinski definition) is 6. The fourth-order valence-electron chi connectivity index (χ4n) is 5.87. The number of halogens is 1. The Balaban J connectivity index is 1.93. The SMILES string of the molecule is CCOC(=O)C1=C(N)N(c2ccc(C)c(C)c2)C2=C(C(=O)CC(C)(C)C2)C12C(=O)Nc1ccc(Cl)cc12. The number of ether oxygens (including phenoxy) is 1. The number of esters is 1. The van der Waals surface area contributed by atoms with E-state index in [-0.39, 0.29) is 41.2 Å². The van der Waals surface area contributed by atoms with Gasteiger partial charge in [0.1, 0.15) is 16.8 Å². The third-order valence-corrected chi connectivity index (χ3v) is 7.81. The first-order chi connectivity index (χ1) is 17.4. The molecule has 0 saturated heterocycles. The predicted molar refractivity (Wildman–Crippen MR) is 143 cm³/mol. The molecule has 3 aliphatic rings. The standard InChI is InChI=1S/C29H30ClN3O4/c1-6-37-26(35)24-25(31)33(18-9-7-15(2)16(3)11-18)21-13-28(4,5)14-22(34)23(21)29(24)19-12-17(30)8-10-20(19)32-27(29)36/h7-12H,6,13-14,31H2,1-5H3,(H,32,36). The number of allylic oxidation sites excluding steroid dienone is 1. The monoisotopic (exact) mass is 519 g/mol. The molecule has 0 aromatic heterocycles. The third-order valence-electron chi connectivity index (χ3n) is 7.57. The van der Waals surface area contributed by atoms with Crippen LogP contribution in [-0.2, 0) is 24.5 Å². The van der Waals surface area contributed by atoms with Crippen molar-refractivity contribution in [1.29, 1.82) is 0 Å². The lowest BCUT2D eigenvalue weighted by molar-refractivity contribution is -0.140. The molecule has 3 N–H and O–H groups in total. The van der Waals surface area contributed by atoms with E-state index in [0.29, 0.717) is 34.1 Å². The van der Waals surface area contributed by atoms with Crippen molar-refractivity contribution in [1.82, 2.24) is 0 Å². The van der Waals surface area contributed by atoms with E-state index in [9.17, 15) is 14.4 Å². The molecule has 2 heterocycles. The summed E-state index contributed by atoms with van der Waals surface area (Å²) in [7, 11) is 0. The van der Waals surface area contributed by atoms with Crippen LogP contribution in [0.2, 0.25) is 5.02 Å². The van der Waals surface area contributed by atoms with E-state index >= 15 is 0 Å². The minimum Gasteiger partial charge on any atom is -0.462 e. The molecule has 0 saturated carbocycles. The van der Waals surface area contributed by atoms with Crippen molar-refractivity contribution in [2.24, 2.45) is 11.1 Å². The molecule has 1 unspecified atom stereocenters. The highest BCUT2D eigenvalue weighted by Gasteiger charge is 2.63. The maximum atomic E-state index is 14.1. The molecule has 5 rings (SSSR count). The molecule has 0 bridgehead atoms. The van der Waals surface area contributed by atoms with Crippen LogP contribution in [0.3, 0.4) is 0 Å². The Morgan fingerprint density at radius 1 is 1.11 bits per heavy atom. The van der Waals surface area contributed by atoms with Gasteiger partial charge in [0.05, 0.1) is 6.61 Å². The first-order valence-corrected chi connectivity index (χ1v) is 12.7. The van der Waals surface area contributed by atoms with Crippen LogP contribution < -0.4 is 16.0 Å². The number of nitrogens with one attached hydrogen (secondary N) is 1. The number of carbonyl (C=O) groups is 3. The maximum Gasteiger partial charge on any atom is 0.339 e. The van der Waals surface area contributed by atoms with Crippen molar-refractivity contribution in [2.75, 3.05) is 16.8 Å². The van der Waals surface area contributed by atoms with E-state index in [1.54, 1.807) is 30.0 Å². The number of ketones is 1. The van der Waals surface area contributed by atoms with Crippen LogP contribution in [-0.4, -0.2) is 24.3 Å². The van der Waals surface area contributed by atoms with Crippen LogP contribution in [0, 0.1) is 19.3 Å². The lowest BCUT2D eigenvalue weighted by Crippen LogP contribution is -2.54. The molecule has 0 fully saturated rings. The average Bonchev–Trinajstić information content (AvgIpc) is 3.06. The Morgan fingerprint density at radius 2 is 1.84 bits per heavy atom. The summed E-state index contributed by atoms with van der Waals surface area (Å²) in [4.78, 5) is 43.5. The Morgan fingerprint density at radius 3 is 2.51 bits per heavy atom. The zero-order valence-corrected chi connectivity index (χ0v) is 22.4. The van der Waals surface area contributed by atoms with Gasteiger partial charge in [-0.05, 0) is 74.1 Å². The van der Waals surface area contributed by atoms with Crippen LogP contribution >= 0.6 is 11.6 Å². The van der Waals surface area contributed by atoms with E-state index in [1.165, 1.54) is 0 Å². The second kappa shape index (κ2) is 8.48. The van der Waals surface area contributed by atoms with Crippen molar-refractivity contribution in [3.05, 3.63) is 80.8 Å². The van der Waals surface area contributed by atoms with Crippen molar-refractivity contribution in [3.8, 4) is 0 Å².